The molecule has 1 atom stereocenters. The van der Waals surface area contributed by atoms with Crippen molar-refractivity contribution >= 4 is 23.1 Å². The minimum atomic E-state index is -0.657. The van der Waals surface area contributed by atoms with E-state index in [1.165, 1.54) is 0 Å². The van der Waals surface area contributed by atoms with Gasteiger partial charge in [-0.05, 0) is 31.0 Å². The van der Waals surface area contributed by atoms with Crippen molar-refractivity contribution in [3.63, 3.8) is 0 Å². The second-order valence-electron chi connectivity index (χ2n) is 6.98. The van der Waals surface area contributed by atoms with Crippen LogP contribution in [0.4, 0.5) is 5.69 Å². The summed E-state index contributed by atoms with van der Waals surface area (Å²) in [7, 11) is 0. The van der Waals surface area contributed by atoms with Crippen LogP contribution in [0.3, 0.4) is 0 Å². The predicted molar refractivity (Wildman–Crippen MR) is 98.4 cm³/mol. The molecule has 2 aliphatic rings. The molecule has 0 unspecified atom stereocenters. The van der Waals surface area contributed by atoms with Crippen molar-refractivity contribution in [1.82, 2.24) is 24.8 Å². The summed E-state index contributed by atoms with van der Waals surface area (Å²) in [6.45, 7) is 1.01. The Hall–Kier alpha value is -3.42. The number of para-hydroxylation sites is 1. The van der Waals surface area contributed by atoms with Crippen LogP contribution in [-0.4, -0.2) is 50.1 Å². The number of aromatic nitrogens is 3. The van der Waals surface area contributed by atoms with Crippen LogP contribution in [-0.2, 0) is 0 Å². The van der Waals surface area contributed by atoms with Crippen LogP contribution in [0, 0.1) is 0 Å². The fourth-order valence-electron chi connectivity index (χ4n) is 3.95. The Balaban J connectivity index is 1.45. The van der Waals surface area contributed by atoms with Crippen molar-refractivity contribution in [1.29, 1.82) is 0 Å². The number of nitrogens with zero attached hydrogens (tertiary/aromatic N) is 4. The van der Waals surface area contributed by atoms with Crippen LogP contribution in [0.15, 0.2) is 48.9 Å². The van der Waals surface area contributed by atoms with Gasteiger partial charge in [-0.3, -0.25) is 9.59 Å². The number of carbonyl (C=O) groups is 2. The van der Waals surface area contributed by atoms with E-state index in [2.05, 4.69) is 20.7 Å². The quantitative estimate of drug-likeness (QED) is 0.685. The van der Waals surface area contributed by atoms with Gasteiger partial charge in [0.1, 0.15) is 11.2 Å². The number of hydrogen-bond acceptors (Lipinski definition) is 5. The normalized spacial score (nSPS) is 21.6. The number of benzene rings is 1. The summed E-state index contributed by atoms with van der Waals surface area (Å²) >= 11 is 0. The Kier molecular flexibility index (Phi) is 3.40. The number of nitrogens with one attached hydrogen (secondary N) is 2. The first-order valence-corrected chi connectivity index (χ1v) is 8.93. The molecule has 2 amide bonds. The molecule has 0 saturated carbocycles. The molecule has 2 aromatic heterocycles. The standard InChI is InChI=1S/C19H18N6O2/c26-17-13-5-1-2-6-15(13)22-19(23-17)7-3-9-24(12-19)18(27)14-11-21-25-10-4-8-20-16(14)25/h1-2,4-6,8,10-11,22H,3,7,9,12H2,(H,23,26)/t19-/m1/s1. The Labute approximate surface area is 155 Å². The molecule has 1 aromatic carbocycles. The minimum Gasteiger partial charge on any atom is -0.361 e. The molecule has 2 aliphatic heterocycles. The molecule has 5 rings (SSSR count). The van der Waals surface area contributed by atoms with E-state index in [0.29, 0.717) is 29.9 Å². The van der Waals surface area contributed by atoms with Gasteiger partial charge in [0.25, 0.3) is 11.8 Å². The molecule has 0 aliphatic carbocycles. The van der Waals surface area contributed by atoms with Crippen LogP contribution >= 0.6 is 0 Å². The van der Waals surface area contributed by atoms with Crippen LogP contribution in [0.1, 0.15) is 33.6 Å². The van der Waals surface area contributed by atoms with E-state index in [-0.39, 0.29) is 11.8 Å². The van der Waals surface area contributed by atoms with Gasteiger partial charge in [-0.25, -0.2) is 9.50 Å². The van der Waals surface area contributed by atoms with Crippen molar-refractivity contribution in [2.24, 2.45) is 0 Å². The van der Waals surface area contributed by atoms with E-state index in [4.69, 9.17) is 0 Å². The fraction of sp³-hybridized carbons (Fsp3) is 0.263. The maximum absolute atomic E-state index is 13.1. The second kappa shape index (κ2) is 5.80. The number of fused-ring (bicyclic) bond motifs is 2. The monoisotopic (exact) mass is 362 g/mol. The zero-order valence-corrected chi connectivity index (χ0v) is 14.6. The smallest absolute Gasteiger partial charge is 0.259 e. The summed E-state index contributed by atoms with van der Waals surface area (Å²) in [5, 5.41) is 10.7. The van der Waals surface area contributed by atoms with Gasteiger partial charge in [-0.1, -0.05) is 12.1 Å². The zero-order chi connectivity index (χ0) is 18.4. The third kappa shape index (κ3) is 2.52. The summed E-state index contributed by atoms with van der Waals surface area (Å²) < 4.78 is 1.59. The van der Waals surface area contributed by atoms with Gasteiger partial charge < -0.3 is 15.5 Å². The van der Waals surface area contributed by atoms with E-state index >= 15 is 0 Å². The van der Waals surface area contributed by atoms with Crippen molar-refractivity contribution in [2.75, 3.05) is 18.4 Å². The van der Waals surface area contributed by atoms with Crippen LogP contribution in [0.25, 0.3) is 5.65 Å². The van der Waals surface area contributed by atoms with Crippen molar-refractivity contribution < 1.29 is 9.59 Å². The fourth-order valence-corrected chi connectivity index (χ4v) is 3.95. The molecule has 136 valence electrons. The average molecular weight is 362 g/mol. The van der Waals surface area contributed by atoms with Gasteiger partial charge >= 0.3 is 0 Å². The van der Waals surface area contributed by atoms with Crippen LogP contribution < -0.4 is 10.6 Å². The third-order valence-corrected chi connectivity index (χ3v) is 5.19. The first kappa shape index (κ1) is 15.8. The van der Waals surface area contributed by atoms with Crippen molar-refractivity contribution in [2.45, 2.75) is 18.5 Å². The molecule has 0 radical (unpaired) electrons. The number of amides is 2. The maximum atomic E-state index is 13.1. The van der Waals surface area contributed by atoms with E-state index < -0.39 is 5.66 Å². The summed E-state index contributed by atoms with van der Waals surface area (Å²) in [5.41, 5.74) is 1.77. The first-order valence-electron chi connectivity index (χ1n) is 8.93. The molecule has 1 spiro atoms. The Morgan fingerprint density at radius 2 is 2.07 bits per heavy atom. The zero-order valence-electron chi connectivity index (χ0n) is 14.6. The minimum absolute atomic E-state index is 0.115. The molecular weight excluding hydrogens is 344 g/mol. The number of anilines is 1. The van der Waals surface area contributed by atoms with E-state index in [9.17, 15) is 9.59 Å². The topological polar surface area (TPSA) is 91.6 Å². The second-order valence-corrected chi connectivity index (χ2v) is 6.98. The molecule has 3 aromatic rings. The van der Waals surface area contributed by atoms with E-state index in [0.717, 1.165) is 18.5 Å². The number of hydrogen-bond donors (Lipinski definition) is 2. The number of rotatable bonds is 1. The molecular formula is C19H18N6O2. The lowest BCUT2D eigenvalue weighted by molar-refractivity contribution is 0.0594. The molecule has 8 nitrogen and oxygen atoms in total. The Morgan fingerprint density at radius 1 is 1.19 bits per heavy atom. The van der Waals surface area contributed by atoms with Gasteiger partial charge in [0.05, 0.1) is 18.3 Å². The van der Waals surface area contributed by atoms with Gasteiger partial charge in [-0.2, -0.15) is 5.10 Å². The van der Waals surface area contributed by atoms with Gasteiger partial charge in [0.2, 0.25) is 0 Å². The summed E-state index contributed by atoms with van der Waals surface area (Å²) in [5.74, 6) is -0.242. The van der Waals surface area contributed by atoms with Crippen LogP contribution in [0.2, 0.25) is 0 Å². The van der Waals surface area contributed by atoms with Gasteiger partial charge in [-0.15, -0.1) is 0 Å². The molecule has 1 fully saturated rings. The lowest BCUT2D eigenvalue weighted by Crippen LogP contribution is -2.66. The molecule has 8 heteroatoms. The first-order chi connectivity index (χ1) is 13.2. The predicted octanol–water partition coefficient (Wildman–Crippen LogP) is 1.52. The molecule has 0 bridgehead atoms. The SMILES string of the molecule is O=C1N[C@@]2(CCCN(C(=O)c3cnn4cccnc34)C2)Nc2ccccc21. The summed E-state index contributed by atoms with van der Waals surface area (Å²) in [4.78, 5) is 31.7. The number of piperidine rings is 1. The number of carbonyl (C=O) groups excluding carboxylic acids is 2. The highest BCUT2D eigenvalue weighted by Crippen LogP contribution is 2.31. The lowest BCUT2D eigenvalue weighted by atomic mass is 9.93. The largest absolute Gasteiger partial charge is 0.361 e. The van der Waals surface area contributed by atoms with E-state index in [1.807, 2.05) is 18.2 Å². The summed E-state index contributed by atoms with van der Waals surface area (Å²) in [6, 6.07) is 9.19. The summed E-state index contributed by atoms with van der Waals surface area (Å²) in [6.07, 6.45) is 6.49. The van der Waals surface area contributed by atoms with Crippen molar-refractivity contribution in [3.05, 3.63) is 60.0 Å². The van der Waals surface area contributed by atoms with Crippen LogP contribution in [0.5, 0.6) is 0 Å². The van der Waals surface area contributed by atoms with Gasteiger partial charge in [0, 0.05) is 24.6 Å². The average Bonchev–Trinajstić information content (AvgIpc) is 3.11. The molecule has 1 saturated heterocycles. The molecule has 4 heterocycles. The lowest BCUT2D eigenvalue weighted by Gasteiger charge is -2.46. The van der Waals surface area contributed by atoms with Gasteiger partial charge in [0.15, 0.2) is 5.65 Å². The third-order valence-electron chi connectivity index (χ3n) is 5.19. The van der Waals surface area contributed by atoms with E-state index in [1.54, 1.807) is 40.1 Å². The molecule has 2 N–H and O–H groups in total. The van der Waals surface area contributed by atoms with Crippen molar-refractivity contribution in [3.8, 4) is 0 Å². The highest BCUT2D eigenvalue weighted by molar-refractivity contribution is 6.03. The Bertz CT molecular complexity index is 1060. The maximum Gasteiger partial charge on any atom is 0.259 e. The Morgan fingerprint density at radius 3 is 3.00 bits per heavy atom. The highest BCUT2D eigenvalue weighted by atomic mass is 16.2. The molecule has 27 heavy (non-hydrogen) atoms. The highest BCUT2D eigenvalue weighted by Gasteiger charge is 2.42. The number of likely N-dealkylation sites (tertiary alicyclic amines) is 1.